The van der Waals surface area contributed by atoms with Crippen LogP contribution in [-0.2, 0) is 4.79 Å². The van der Waals surface area contributed by atoms with Gasteiger partial charge in [-0.15, -0.1) is 0 Å². The fraction of sp³-hybridized carbons (Fsp3) is 0.208. The van der Waals surface area contributed by atoms with Crippen molar-refractivity contribution in [1.82, 2.24) is 0 Å². The van der Waals surface area contributed by atoms with Crippen molar-refractivity contribution in [3.8, 4) is 17.2 Å². The number of esters is 2. The molecule has 0 bridgehead atoms. The average Bonchev–Trinajstić information content (AvgIpc) is 2.76. The van der Waals surface area contributed by atoms with Gasteiger partial charge in [0, 0.05) is 6.92 Å². The quantitative estimate of drug-likeness (QED) is 0.225. The summed E-state index contributed by atoms with van der Waals surface area (Å²) >= 11 is 0. The maximum atomic E-state index is 12.7. The van der Waals surface area contributed by atoms with E-state index in [-0.39, 0.29) is 22.3 Å². The number of rotatable bonds is 8. The standard InChI is InChI=1S/C24H22O7/c1-3-4-5-9-15-28-19-14-10-13-18-20(19)30-24(27)22(21(18)29-16(2)25)31-23(26)17-11-7-6-8-12-17/h4-8,10-14H,3,9,15H2,1-2H3/b5-4+. The zero-order chi connectivity index (χ0) is 22.2. The van der Waals surface area contributed by atoms with Gasteiger partial charge >= 0.3 is 17.6 Å². The highest BCUT2D eigenvalue weighted by Crippen LogP contribution is 2.37. The van der Waals surface area contributed by atoms with E-state index in [9.17, 15) is 14.4 Å². The Balaban J connectivity index is 2.02. The average molecular weight is 422 g/mol. The van der Waals surface area contributed by atoms with Crippen molar-refractivity contribution in [3.63, 3.8) is 0 Å². The van der Waals surface area contributed by atoms with Gasteiger partial charge in [-0.25, -0.2) is 9.59 Å². The molecule has 3 rings (SSSR count). The van der Waals surface area contributed by atoms with Gasteiger partial charge in [0.05, 0.1) is 17.6 Å². The van der Waals surface area contributed by atoms with E-state index in [4.69, 9.17) is 18.6 Å². The molecule has 0 amide bonds. The molecule has 0 fully saturated rings. The molecule has 0 aliphatic carbocycles. The minimum Gasteiger partial charge on any atom is -0.489 e. The highest BCUT2D eigenvalue weighted by Gasteiger charge is 2.24. The fourth-order valence-corrected chi connectivity index (χ4v) is 2.85. The van der Waals surface area contributed by atoms with Crippen LogP contribution in [0.2, 0.25) is 0 Å². The smallest absolute Gasteiger partial charge is 0.383 e. The van der Waals surface area contributed by atoms with Crippen LogP contribution in [0, 0.1) is 0 Å². The SMILES string of the molecule is CC/C=C/CCOc1cccc2c(OC(C)=O)c(OC(=O)c3ccccc3)c(=O)oc12. The van der Waals surface area contributed by atoms with E-state index in [1.807, 2.05) is 19.1 Å². The van der Waals surface area contributed by atoms with Crippen molar-refractivity contribution in [2.24, 2.45) is 0 Å². The fourth-order valence-electron chi connectivity index (χ4n) is 2.85. The Morgan fingerprint density at radius 3 is 2.45 bits per heavy atom. The van der Waals surface area contributed by atoms with Gasteiger partial charge in [0.2, 0.25) is 0 Å². The van der Waals surface area contributed by atoms with Crippen molar-refractivity contribution in [1.29, 1.82) is 0 Å². The number of para-hydroxylation sites is 1. The Kier molecular flexibility index (Phi) is 7.22. The molecular formula is C24H22O7. The van der Waals surface area contributed by atoms with Gasteiger partial charge in [0.1, 0.15) is 0 Å². The number of benzene rings is 2. The second-order valence-electron chi connectivity index (χ2n) is 6.55. The van der Waals surface area contributed by atoms with Crippen LogP contribution in [0.1, 0.15) is 37.0 Å². The van der Waals surface area contributed by atoms with Gasteiger partial charge in [-0.1, -0.05) is 43.3 Å². The molecule has 2 aromatic carbocycles. The lowest BCUT2D eigenvalue weighted by Crippen LogP contribution is -2.17. The number of carbonyl (C=O) groups excluding carboxylic acids is 2. The molecule has 1 aromatic heterocycles. The normalized spacial score (nSPS) is 10.9. The van der Waals surface area contributed by atoms with Crippen LogP contribution in [0.15, 0.2) is 69.9 Å². The maximum Gasteiger partial charge on any atom is 0.383 e. The van der Waals surface area contributed by atoms with Gasteiger partial charge < -0.3 is 18.6 Å². The topological polar surface area (TPSA) is 92.0 Å². The molecule has 0 aliphatic rings. The lowest BCUT2D eigenvalue weighted by Gasteiger charge is -2.13. The summed E-state index contributed by atoms with van der Waals surface area (Å²) in [6.07, 6.45) is 5.63. The van der Waals surface area contributed by atoms with Crippen LogP contribution in [0.25, 0.3) is 11.0 Å². The van der Waals surface area contributed by atoms with Crippen LogP contribution in [-0.4, -0.2) is 18.5 Å². The lowest BCUT2D eigenvalue weighted by atomic mass is 10.2. The predicted octanol–water partition coefficient (Wildman–Crippen LogP) is 4.67. The van der Waals surface area contributed by atoms with E-state index in [1.165, 1.54) is 19.1 Å². The zero-order valence-corrected chi connectivity index (χ0v) is 17.3. The molecule has 0 unspecified atom stereocenters. The van der Waals surface area contributed by atoms with Crippen LogP contribution in [0.4, 0.5) is 0 Å². The maximum absolute atomic E-state index is 12.7. The van der Waals surface area contributed by atoms with Crippen LogP contribution in [0.3, 0.4) is 0 Å². The Labute approximate surface area is 178 Å². The molecule has 160 valence electrons. The highest BCUT2D eigenvalue weighted by atomic mass is 16.6. The summed E-state index contributed by atoms with van der Waals surface area (Å²) in [6.45, 7) is 3.59. The van der Waals surface area contributed by atoms with Gasteiger partial charge in [-0.2, -0.15) is 0 Å². The number of fused-ring (bicyclic) bond motifs is 1. The van der Waals surface area contributed by atoms with E-state index in [0.29, 0.717) is 18.8 Å². The predicted molar refractivity (Wildman–Crippen MR) is 115 cm³/mol. The number of hydrogen-bond acceptors (Lipinski definition) is 7. The molecule has 31 heavy (non-hydrogen) atoms. The first-order valence-corrected chi connectivity index (χ1v) is 9.84. The van der Waals surface area contributed by atoms with Crippen molar-refractivity contribution >= 4 is 22.9 Å². The molecule has 0 radical (unpaired) electrons. The van der Waals surface area contributed by atoms with Crippen molar-refractivity contribution < 1.29 is 28.2 Å². The summed E-state index contributed by atoms with van der Waals surface area (Å²) in [5.41, 5.74) is -0.634. The Morgan fingerprint density at radius 2 is 1.74 bits per heavy atom. The van der Waals surface area contributed by atoms with Crippen LogP contribution >= 0.6 is 0 Å². The number of carbonyl (C=O) groups is 2. The van der Waals surface area contributed by atoms with Crippen LogP contribution in [0.5, 0.6) is 17.2 Å². The largest absolute Gasteiger partial charge is 0.489 e. The minimum atomic E-state index is -0.963. The molecule has 0 saturated carbocycles. The zero-order valence-electron chi connectivity index (χ0n) is 17.3. The van der Waals surface area contributed by atoms with Gasteiger partial charge in [-0.3, -0.25) is 4.79 Å². The molecule has 0 N–H and O–H groups in total. The third-order valence-electron chi connectivity index (χ3n) is 4.20. The Bertz CT molecular complexity index is 1160. The molecule has 0 saturated heterocycles. The second-order valence-corrected chi connectivity index (χ2v) is 6.55. The highest BCUT2D eigenvalue weighted by molar-refractivity contribution is 5.95. The molecule has 7 heteroatoms. The van der Waals surface area contributed by atoms with Crippen molar-refractivity contribution in [2.75, 3.05) is 6.61 Å². The molecule has 7 nitrogen and oxygen atoms in total. The first-order chi connectivity index (χ1) is 15.0. The Morgan fingerprint density at radius 1 is 0.968 bits per heavy atom. The third kappa shape index (κ3) is 5.39. The van der Waals surface area contributed by atoms with E-state index >= 15 is 0 Å². The summed E-state index contributed by atoms with van der Waals surface area (Å²) in [7, 11) is 0. The lowest BCUT2D eigenvalue weighted by molar-refractivity contribution is -0.131. The van der Waals surface area contributed by atoms with Gasteiger partial charge in [0.25, 0.3) is 5.75 Å². The van der Waals surface area contributed by atoms with Crippen molar-refractivity contribution in [3.05, 3.63) is 76.7 Å². The molecule has 1 heterocycles. The second kappa shape index (κ2) is 10.2. The molecule has 3 aromatic rings. The first-order valence-electron chi connectivity index (χ1n) is 9.84. The van der Waals surface area contributed by atoms with Gasteiger partial charge in [0.15, 0.2) is 17.1 Å². The van der Waals surface area contributed by atoms with Crippen LogP contribution < -0.4 is 19.8 Å². The molecular weight excluding hydrogens is 400 g/mol. The minimum absolute atomic E-state index is 0.0998. The molecule has 0 spiro atoms. The summed E-state index contributed by atoms with van der Waals surface area (Å²) in [5, 5.41) is 0.271. The number of ether oxygens (including phenoxy) is 3. The van der Waals surface area contributed by atoms with E-state index in [1.54, 1.807) is 36.4 Å². The summed E-state index contributed by atoms with van der Waals surface area (Å²) < 4.78 is 21.6. The molecule has 0 atom stereocenters. The monoisotopic (exact) mass is 422 g/mol. The van der Waals surface area contributed by atoms with E-state index < -0.39 is 23.3 Å². The number of allylic oxidation sites excluding steroid dienone is 1. The number of hydrogen-bond donors (Lipinski definition) is 0. The van der Waals surface area contributed by atoms with Gasteiger partial charge in [-0.05, 0) is 37.1 Å². The summed E-state index contributed by atoms with van der Waals surface area (Å²) in [6, 6.07) is 13.0. The summed E-state index contributed by atoms with van der Waals surface area (Å²) in [5.74, 6) is -1.84. The third-order valence-corrected chi connectivity index (χ3v) is 4.20. The first kappa shape index (κ1) is 21.8. The Hall–Kier alpha value is -3.87. The van der Waals surface area contributed by atoms with Crippen molar-refractivity contribution in [2.45, 2.75) is 26.7 Å². The summed E-state index contributed by atoms with van der Waals surface area (Å²) in [4.78, 5) is 36.8. The van der Waals surface area contributed by atoms with E-state index in [2.05, 4.69) is 0 Å². The molecule has 0 aliphatic heterocycles. The van der Waals surface area contributed by atoms with E-state index in [0.717, 1.165) is 6.42 Å².